The number of H-pyrrole nitrogens is 1. The fraction of sp³-hybridized carbons (Fsp3) is 0.136. The van der Waals surface area contributed by atoms with Crippen molar-refractivity contribution >= 4 is 11.0 Å². The van der Waals surface area contributed by atoms with E-state index in [2.05, 4.69) is 22.1 Å². The number of benzene rings is 2. The van der Waals surface area contributed by atoms with E-state index in [9.17, 15) is 5.11 Å². The number of hydrogen-bond donors (Lipinski definition) is 2. The molecule has 0 atom stereocenters. The summed E-state index contributed by atoms with van der Waals surface area (Å²) in [7, 11) is 0. The number of phenolic OH excluding ortho intramolecular Hbond substituents is 1. The predicted molar refractivity (Wildman–Crippen MR) is 104 cm³/mol. The number of nitrogens with one attached hydrogen (secondary N) is 1. The molecule has 0 saturated heterocycles. The molecule has 4 nitrogen and oxygen atoms in total. The fourth-order valence-electron chi connectivity index (χ4n) is 3.12. The lowest BCUT2D eigenvalue weighted by molar-refractivity contribution is 0.243. The Balaban J connectivity index is 1.86. The number of aromatic hydroxyl groups is 1. The normalized spacial score (nSPS) is 11.2. The maximum absolute atomic E-state index is 9.76. The number of nitrogens with zero attached hydrogens (tertiary/aromatic N) is 1. The highest BCUT2D eigenvalue weighted by Crippen LogP contribution is 2.36. The molecule has 0 bridgehead atoms. The maximum Gasteiger partial charge on any atom is 0.137 e. The minimum absolute atomic E-state index is 0.0994. The van der Waals surface area contributed by atoms with E-state index < -0.39 is 0 Å². The number of phenols is 1. The molecule has 0 amide bonds. The number of aromatic amines is 1. The molecule has 0 unspecified atom stereocenters. The van der Waals surface area contributed by atoms with Crippen LogP contribution in [0.1, 0.15) is 13.8 Å². The highest BCUT2D eigenvalue weighted by molar-refractivity contribution is 5.97. The molecule has 4 aromatic rings. The van der Waals surface area contributed by atoms with Gasteiger partial charge in [0.1, 0.15) is 17.1 Å². The van der Waals surface area contributed by atoms with Gasteiger partial charge in [0.05, 0.1) is 6.10 Å². The molecular weight excluding hydrogens is 324 g/mol. The van der Waals surface area contributed by atoms with E-state index in [-0.39, 0.29) is 11.9 Å². The Hall–Kier alpha value is -3.27. The van der Waals surface area contributed by atoms with Gasteiger partial charge < -0.3 is 14.8 Å². The third-order valence-corrected chi connectivity index (χ3v) is 4.25. The Labute approximate surface area is 152 Å². The van der Waals surface area contributed by atoms with E-state index in [1.54, 1.807) is 12.1 Å². The first-order valence-electron chi connectivity index (χ1n) is 8.64. The molecule has 2 aromatic heterocycles. The van der Waals surface area contributed by atoms with Crippen molar-refractivity contribution in [2.45, 2.75) is 20.0 Å². The van der Waals surface area contributed by atoms with E-state index in [4.69, 9.17) is 4.74 Å². The summed E-state index contributed by atoms with van der Waals surface area (Å²) < 4.78 is 5.98. The van der Waals surface area contributed by atoms with Gasteiger partial charge in [0.25, 0.3) is 0 Å². The predicted octanol–water partition coefficient (Wildman–Crippen LogP) is 5.39. The lowest BCUT2D eigenvalue weighted by atomic mass is 10.0. The van der Waals surface area contributed by atoms with Crippen LogP contribution in [0.5, 0.6) is 11.5 Å². The topological polar surface area (TPSA) is 58.1 Å². The molecule has 130 valence electrons. The van der Waals surface area contributed by atoms with Crippen LogP contribution in [0.4, 0.5) is 0 Å². The lowest BCUT2D eigenvalue weighted by Gasteiger charge is -2.14. The van der Waals surface area contributed by atoms with Crippen molar-refractivity contribution in [3.63, 3.8) is 0 Å². The second kappa shape index (κ2) is 6.56. The number of ether oxygens (including phenoxy) is 1. The standard InChI is InChI=1S/C22H20N2O2/c1-14(2)26-21-9-4-3-8-18(21)20-13-24-22-19(20)11-16(12-23-22)15-6-5-7-17(25)10-15/h3-14,25H,1-2H3,(H,23,24). The Morgan fingerprint density at radius 2 is 1.81 bits per heavy atom. The molecule has 0 saturated carbocycles. The van der Waals surface area contributed by atoms with Crippen molar-refractivity contribution in [1.29, 1.82) is 0 Å². The molecule has 2 N–H and O–H groups in total. The number of fused-ring (bicyclic) bond motifs is 1. The first kappa shape index (κ1) is 16.2. The van der Waals surface area contributed by atoms with E-state index >= 15 is 0 Å². The molecule has 0 aliphatic carbocycles. The van der Waals surface area contributed by atoms with Crippen molar-refractivity contribution in [2.75, 3.05) is 0 Å². The van der Waals surface area contributed by atoms with Crippen molar-refractivity contribution in [1.82, 2.24) is 9.97 Å². The summed E-state index contributed by atoms with van der Waals surface area (Å²) in [5.74, 6) is 1.10. The average Bonchev–Trinajstić information content (AvgIpc) is 3.05. The summed E-state index contributed by atoms with van der Waals surface area (Å²) in [5, 5.41) is 10.8. The average molecular weight is 344 g/mol. The van der Waals surface area contributed by atoms with Gasteiger partial charge in [-0.15, -0.1) is 0 Å². The highest BCUT2D eigenvalue weighted by atomic mass is 16.5. The third-order valence-electron chi connectivity index (χ3n) is 4.25. The zero-order valence-corrected chi connectivity index (χ0v) is 14.7. The van der Waals surface area contributed by atoms with Gasteiger partial charge in [-0.2, -0.15) is 0 Å². The van der Waals surface area contributed by atoms with Crippen LogP contribution in [-0.4, -0.2) is 21.2 Å². The number of pyridine rings is 1. The van der Waals surface area contributed by atoms with Crippen LogP contribution in [0.15, 0.2) is 67.0 Å². The molecule has 2 heterocycles. The zero-order valence-electron chi connectivity index (χ0n) is 14.7. The number of hydrogen-bond acceptors (Lipinski definition) is 3. The van der Waals surface area contributed by atoms with Crippen LogP contribution in [0.25, 0.3) is 33.3 Å². The van der Waals surface area contributed by atoms with Crippen LogP contribution in [0.2, 0.25) is 0 Å². The van der Waals surface area contributed by atoms with Crippen molar-refractivity contribution < 1.29 is 9.84 Å². The van der Waals surface area contributed by atoms with Crippen LogP contribution < -0.4 is 4.74 Å². The first-order valence-corrected chi connectivity index (χ1v) is 8.64. The monoisotopic (exact) mass is 344 g/mol. The molecule has 4 heteroatoms. The second-order valence-corrected chi connectivity index (χ2v) is 6.54. The Morgan fingerprint density at radius 1 is 0.962 bits per heavy atom. The molecule has 4 rings (SSSR count). The number of rotatable bonds is 4. The number of aromatic nitrogens is 2. The molecule has 26 heavy (non-hydrogen) atoms. The Kier molecular flexibility index (Phi) is 4.09. The molecule has 0 radical (unpaired) electrons. The minimum Gasteiger partial charge on any atom is -0.508 e. The Morgan fingerprint density at radius 3 is 2.62 bits per heavy atom. The number of para-hydroxylation sites is 1. The molecule has 0 spiro atoms. The second-order valence-electron chi connectivity index (χ2n) is 6.54. The maximum atomic E-state index is 9.76. The van der Waals surface area contributed by atoms with Gasteiger partial charge in [0.2, 0.25) is 0 Å². The Bertz CT molecular complexity index is 1070. The van der Waals surface area contributed by atoms with Crippen molar-refractivity contribution in [3.05, 3.63) is 67.0 Å². The van der Waals surface area contributed by atoms with Gasteiger partial charge in [-0.05, 0) is 43.7 Å². The molecule has 0 fully saturated rings. The summed E-state index contributed by atoms with van der Waals surface area (Å²) in [4.78, 5) is 7.79. The summed E-state index contributed by atoms with van der Waals surface area (Å²) in [5.41, 5.74) is 4.78. The van der Waals surface area contributed by atoms with Crippen LogP contribution in [0, 0.1) is 0 Å². The van der Waals surface area contributed by atoms with Gasteiger partial charge in [-0.3, -0.25) is 0 Å². The summed E-state index contributed by atoms with van der Waals surface area (Å²) in [6, 6.07) is 17.3. The smallest absolute Gasteiger partial charge is 0.137 e. The van der Waals surface area contributed by atoms with Gasteiger partial charge >= 0.3 is 0 Å². The van der Waals surface area contributed by atoms with E-state index in [0.717, 1.165) is 39.0 Å². The van der Waals surface area contributed by atoms with E-state index in [1.807, 2.05) is 56.6 Å². The lowest BCUT2D eigenvalue weighted by Crippen LogP contribution is -2.06. The van der Waals surface area contributed by atoms with Gasteiger partial charge in [0, 0.05) is 34.5 Å². The van der Waals surface area contributed by atoms with Gasteiger partial charge in [-0.1, -0.05) is 30.3 Å². The van der Waals surface area contributed by atoms with Crippen LogP contribution in [-0.2, 0) is 0 Å². The van der Waals surface area contributed by atoms with E-state index in [0.29, 0.717) is 0 Å². The molecule has 0 aliphatic heterocycles. The summed E-state index contributed by atoms with van der Waals surface area (Å²) in [6.45, 7) is 4.04. The summed E-state index contributed by atoms with van der Waals surface area (Å²) >= 11 is 0. The van der Waals surface area contributed by atoms with E-state index in [1.165, 1.54) is 0 Å². The van der Waals surface area contributed by atoms with Crippen LogP contribution in [0.3, 0.4) is 0 Å². The molecule has 2 aromatic carbocycles. The van der Waals surface area contributed by atoms with Crippen LogP contribution >= 0.6 is 0 Å². The first-order chi connectivity index (χ1) is 12.6. The van der Waals surface area contributed by atoms with Crippen molar-refractivity contribution in [2.24, 2.45) is 0 Å². The molecular formula is C22H20N2O2. The fourth-order valence-corrected chi connectivity index (χ4v) is 3.12. The third kappa shape index (κ3) is 3.02. The van der Waals surface area contributed by atoms with Gasteiger partial charge in [0.15, 0.2) is 0 Å². The molecule has 0 aliphatic rings. The highest BCUT2D eigenvalue weighted by Gasteiger charge is 2.13. The SMILES string of the molecule is CC(C)Oc1ccccc1-c1c[nH]c2ncc(-c3cccc(O)c3)cc12. The summed E-state index contributed by atoms with van der Waals surface area (Å²) in [6.07, 6.45) is 3.88. The largest absolute Gasteiger partial charge is 0.508 e. The zero-order chi connectivity index (χ0) is 18.1. The van der Waals surface area contributed by atoms with Crippen molar-refractivity contribution in [3.8, 4) is 33.8 Å². The van der Waals surface area contributed by atoms with Gasteiger partial charge in [-0.25, -0.2) is 4.98 Å². The quantitative estimate of drug-likeness (QED) is 0.522. The minimum atomic E-state index is 0.0994.